The van der Waals surface area contributed by atoms with E-state index in [1.807, 2.05) is 0 Å². The molecule has 3 heterocycles. The number of anilines is 2. The second-order valence-electron chi connectivity index (χ2n) is 9.52. The number of carbonyl (C=O) groups excluding carboxylic acids is 4. The summed E-state index contributed by atoms with van der Waals surface area (Å²) in [5, 5.41) is 13.3. The van der Waals surface area contributed by atoms with Gasteiger partial charge in [-0.15, -0.1) is 0 Å². The summed E-state index contributed by atoms with van der Waals surface area (Å²) in [6, 6.07) is 10.9. The number of nitrogens with two attached hydrogens (primary N) is 1. The van der Waals surface area contributed by atoms with Crippen LogP contribution in [0.3, 0.4) is 0 Å². The van der Waals surface area contributed by atoms with Gasteiger partial charge in [-0.05, 0) is 54.8 Å². The van der Waals surface area contributed by atoms with Gasteiger partial charge >= 0.3 is 5.97 Å². The molecule has 0 aromatic heterocycles. The molecular formula is C27H29N5O7. The van der Waals surface area contributed by atoms with E-state index in [9.17, 15) is 24.3 Å². The number of morpholine rings is 1. The molecule has 1 unspecified atom stereocenters. The maximum absolute atomic E-state index is 13.3. The Morgan fingerprint density at radius 2 is 2.03 bits per heavy atom. The van der Waals surface area contributed by atoms with Gasteiger partial charge in [-0.25, -0.2) is 4.79 Å². The van der Waals surface area contributed by atoms with Gasteiger partial charge in [0.2, 0.25) is 0 Å². The van der Waals surface area contributed by atoms with E-state index in [0.29, 0.717) is 48.7 Å². The Bertz CT molecular complexity index is 1360. The minimum absolute atomic E-state index is 0.0743. The van der Waals surface area contributed by atoms with E-state index in [0.717, 1.165) is 11.1 Å². The molecule has 204 valence electrons. The summed E-state index contributed by atoms with van der Waals surface area (Å²) in [6.45, 7) is 1.07. The number of likely N-dealkylation sites (tertiary alicyclic amines) is 1. The Hall–Kier alpha value is -4.29. The molecule has 3 aliphatic rings. The molecule has 2 aromatic carbocycles. The number of hydrogen-bond donors (Lipinski definition) is 3. The Labute approximate surface area is 224 Å². The summed E-state index contributed by atoms with van der Waals surface area (Å²) in [4.78, 5) is 58.4. The van der Waals surface area contributed by atoms with Crippen molar-refractivity contribution in [3.8, 4) is 0 Å². The Morgan fingerprint density at radius 3 is 2.82 bits per heavy atom. The minimum Gasteiger partial charge on any atom is -0.467 e. The number of amidine groups is 1. The SMILES string of the molecule is COC(=O)[C@@H]1CCCN1C(=O)c1cccc(N2CCOC([C@@H](O)C(=O)Nc3ccc4c(c3)CN=C4N)C2=O)c1. The normalized spacial score (nSPS) is 21.3. The number of aliphatic hydroxyl groups excluding tert-OH is 1. The molecule has 0 aliphatic carbocycles. The molecule has 0 bridgehead atoms. The van der Waals surface area contributed by atoms with Gasteiger partial charge in [0.05, 0.1) is 20.3 Å². The summed E-state index contributed by atoms with van der Waals surface area (Å²) in [5.41, 5.74) is 8.61. The molecule has 3 atom stereocenters. The third-order valence-electron chi connectivity index (χ3n) is 7.14. The molecular weight excluding hydrogens is 506 g/mol. The highest BCUT2D eigenvalue weighted by molar-refractivity contribution is 6.05. The number of fused-ring (bicyclic) bond motifs is 1. The molecule has 2 saturated heterocycles. The average Bonchev–Trinajstić information content (AvgIpc) is 3.59. The van der Waals surface area contributed by atoms with E-state index in [4.69, 9.17) is 15.2 Å². The zero-order valence-electron chi connectivity index (χ0n) is 21.3. The minimum atomic E-state index is -1.77. The van der Waals surface area contributed by atoms with Crippen LogP contribution in [0, 0.1) is 0 Å². The Kier molecular flexibility index (Phi) is 7.31. The van der Waals surface area contributed by atoms with Gasteiger partial charge in [-0.1, -0.05) is 6.07 Å². The topological polar surface area (TPSA) is 164 Å². The lowest BCUT2D eigenvalue weighted by Gasteiger charge is -2.34. The number of hydrogen-bond acceptors (Lipinski definition) is 9. The number of nitrogens with zero attached hydrogens (tertiary/aromatic N) is 3. The molecule has 12 nitrogen and oxygen atoms in total. The second kappa shape index (κ2) is 10.8. The third-order valence-corrected chi connectivity index (χ3v) is 7.14. The van der Waals surface area contributed by atoms with Crippen molar-refractivity contribution in [3.63, 3.8) is 0 Å². The van der Waals surface area contributed by atoms with Crippen LogP contribution >= 0.6 is 0 Å². The first-order valence-corrected chi connectivity index (χ1v) is 12.6. The van der Waals surface area contributed by atoms with E-state index < -0.39 is 36.0 Å². The molecule has 0 radical (unpaired) electrons. The molecule has 3 amide bonds. The van der Waals surface area contributed by atoms with Crippen LogP contribution in [0.2, 0.25) is 0 Å². The number of rotatable bonds is 6. The van der Waals surface area contributed by atoms with Crippen LogP contribution in [-0.2, 0) is 30.4 Å². The quantitative estimate of drug-likeness (QED) is 0.448. The zero-order chi connectivity index (χ0) is 27.7. The van der Waals surface area contributed by atoms with Crippen molar-refractivity contribution in [1.29, 1.82) is 0 Å². The molecule has 12 heteroatoms. The number of methoxy groups -OCH3 is 1. The van der Waals surface area contributed by atoms with Crippen molar-refractivity contribution in [3.05, 3.63) is 59.2 Å². The van der Waals surface area contributed by atoms with Crippen molar-refractivity contribution >= 4 is 40.9 Å². The fourth-order valence-electron chi connectivity index (χ4n) is 5.11. The first kappa shape index (κ1) is 26.3. The molecule has 2 fully saturated rings. The molecule has 3 aliphatic heterocycles. The largest absolute Gasteiger partial charge is 0.467 e. The zero-order valence-corrected chi connectivity index (χ0v) is 21.3. The first-order valence-electron chi connectivity index (χ1n) is 12.6. The van der Waals surface area contributed by atoms with Gasteiger partial charge in [0, 0.05) is 35.6 Å². The summed E-state index contributed by atoms with van der Waals surface area (Å²) < 4.78 is 10.3. The molecule has 0 saturated carbocycles. The van der Waals surface area contributed by atoms with Crippen molar-refractivity contribution in [2.24, 2.45) is 10.7 Å². The van der Waals surface area contributed by atoms with Crippen molar-refractivity contribution in [1.82, 2.24) is 4.90 Å². The van der Waals surface area contributed by atoms with Crippen LogP contribution in [0.1, 0.15) is 34.3 Å². The van der Waals surface area contributed by atoms with Crippen LogP contribution in [0.25, 0.3) is 0 Å². The van der Waals surface area contributed by atoms with Gasteiger partial charge in [-0.2, -0.15) is 0 Å². The maximum atomic E-state index is 13.3. The van der Waals surface area contributed by atoms with Crippen LogP contribution in [-0.4, -0.2) is 84.6 Å². The van der Waals surface area contributed by atoms with Crippen molar-refractivity contribution in [2.75, 3.05) is 37.0 Å². The van der Waals surface area contributed by atoms with Crippen molar-refractivity contribution < 1.29 is 33.8 Å². The fraction of sp³-hybridized carbons (Fsp3) is 0.370. The first-order chi connectivity index (χ1) is 18.8. The molecule has 4 N–H and O–H groups in total. The Morgan fingerprint density at radius 1 is 1.21 bits per heavy atom. The predicted octanol–water partition coefficient (Wildman–Crippen LogP) is 0.415. The fourth-order valence-corrected chi connectivity index (χ4v) is 5.11. The molecule has 5 rings (SSSR count). The lowest BCUT2D eigenvalue weighted by Crippen LogP contribution is -2.55. The highest BCUT2D eigenvalue weighted by Crippen LogP contribution is 2.26. The Balaban J connectivity index is 1.28. The molecule has 0 spiro atoms. The van der Waals surface area contributed by atoms with E-state index in [1.54, 1.807) is 42.5 Å². The van der Waals surface area contributed by atoms with E-state index in [1.165, 1.54) is 16.9 Å². The summed E-state index contributed by atoms with van der Waals surface area (Å²) in [6.07, 6.45) is -2.00. The number of carbonyl (C=O) groups is 4. The van der Waals surface area contributed by atoms with Gasteiger partial charge in [0.1, 0.15) is 11.9 Å². The summed E-state index contributed by atoms with van der Waals surface area (Å²) >= 11 is 0. The van der Waals surface area contributed by atoms with Crippen LogP contribution < -0.4 is 16.0 Å². The van der Waals surface area contributed by atoms with Crippen molar-refractivity contribution in [2.45, 2.75) is 37.6 Å². The maximum Gasteiger partial charge on any atom is 0.328 e. The second-order valence-corrected chi connectivity index (χ2v) is 9.52. The lowest BCUT2D eigenvalue weighted by molar-refractivity contribution is -0.150. The van der Waals surface area contributed by atoms with Gasteiger partial charge in [0.25, 0.3) is 17.7 Å². The van der Waals surface area contributed by atoms with E-state index in [-0.39, 0.29) is 19.1 Å². The van der Waals surface area contributed by atoms with Gasteiger partial charge in [-0.3, -0.25) is 19.4 Å². The number of esters is 1. The van der Waals surface area contributed by atoms with E-state index in [2.05, 4.69) is 10.3 Å². The summed E-state index contributed by atoms with van der Waals surface area (Å²) in [5.74, 6) is -1.79. The summed E-state index contributed by atoms with van der Waals surface area (Å²) in [7, 11) is 1.29. The van der Waals surface area contributed by atoms with Gasteiger partial charge in [0.15, 0.2) is 12.2 Å². The standard InChI is InChI=1S/C27H29N5O7/c1-38-27(37)20-6-3-9-32(20)25(35)15-4-2-5-18(13-15)31-10-11-39-22(26(31)36)21(33)24(34)30-17-7-8-19-16(12-17)14-29-23(19)28/h2,4-5,7-8,12-13,20-22,33H,3,6,9-11,14H2,1H3,(H2,28,29)(H,30,34)/t20-,21+,22?/m0/s1. The number of aliphatic imine (C=N–C) groups is 1. The van der Waals surface area contributed by atoms with Gasteiger partial charge < -0.3 is 35.4 Å². The number of aliphatic hydroxyl groups is 1. The van der Waals surface area contributed by atoms with E-state index >= 15 is 0 Å². The number of ether oxygens (including phenoxy) is 2. The lowest BCUT2D eigenvalue weighted by atomic mass is 10.1. The average molecular weight is 536 g/mol. The van der Waals surface area contributed by atoms with Crippen LogP contribution in [0.4, 0.5) is 11.4 Å². The highest BCUT2D eigenvalue weighted by atomic mass is 16.5. The molecule has 39 heavy (non-hydrogen) atoms. The predicted molar refractivity (Wildman–Crippen MR) is 140 cm³/mol. The van der Waals surface area contributed by atoms with Crippen LogP contribution in [0.15, 0.2) is 47.5 Å². The number of amides is 3. The van der Waals surface area contributed by atoms with Crippen LogP contribution in [0.5, 0.6) is 0 Å². The smallest absolute Gasteiger partial charge is 0.328 e. The number of benzene rings is 2. The third kappa shape index (κ3) is 5.08. The number of nitrogens with one attached hydrogen (secondary N) is 1. The monoisotopic (exact) mass is 535 g/mol. The highest BCUT2D eigenvalue weighted by Gasteiger charge is 2.40. The molecule has 2 aromatic rings.